The first-order valence-electron chi connectivity index (χ1n) is 9.35. The Morgan fingerprint density at radius 3 is 2.77 bits per heavy atom. The predicted octanol–water partition coefficient (Wildman–Crippen LogP) is 4.69. The third kappa shape index (κ3) is 4.50. The lowest BCUT2D eigenvalue weighted by Crippen LogP contribution is -2.16. The van der Waals surface area contributed by atoms with Gasteiger partial charge in [-0.25, -0.2) is 4.39 Å². The van der Waals surface area contributed by atoms with Crippen molar-refractivity contribution >= 4 is 5.97 Å². The summed E-state index contributed by atoms with van der Waals surface area (Å²) < 4.78 is 19.6. The van der Waals surface area contributed by atoms with Crippen LogP contribution in [0.5, 0.6) is 5.75 Å². The topological polar surface area (TPSA) is 46.5 Å². The summed E-state index contributed by atoms with van der Waals surface area (Å²) in [5, 5.41) is 10.5. The summed E-state index contributed by atoms with van der Waals surface area (Å²) in [6.45, 7) is 2.15. The molecule has 0 amide bonds. The first-order valence-corrected chi connectivity index (χ1v) is 9.35. The number of hydrogen-bond donors (Lipinski definition) is 1. The van der Waals surface area contributed by atoms with Gasteiger partial charge < -0.3 is 9.84 Å². The summed E-state index contributed by atoms with van der Waals surface area (Å²) in [6, 6.07) is 10.6. The van der Waals surface area contributed by atoms with E-state index in [9.17, 15) is 14.3 Å². The van der Waals surface area contributed by atoms with Crippen molar-refractivity contribution in [1.29, 1.82) is 0 Å². The molecule has 0 radical (unpaired) electrons. The SMILES string of the molecule is CCCCCc1ccc(CC(O)c2ccc3c(c2)CCC(=O)O3)c(F)c1. The quantitative estimate of drug-likeness (QED) is 0.445. The van der Waals surface area contributed by atoms with E-state index < -0.39 is 6.10 Å². The van der Waals surface area contributed by atoms with Crippen LogP contribution in [-0.4, -0.2) is 11.1 Å². The number of hydrogen-bond acceptors (Lipinski definition) is 3. The highest BCUT2D eigenvalue weighted by molar-refractivity contribution is 5.75. The van der Waals surface area contributed by atoms with Gasteiger partial charge in [-0.05, 0) is 59.7 Å². The van der Waals surface area contributed by atoms with Crippen LogP contribution in [-0.2, 0) is 24.1 Å². The van der Waals surface area contributed by atoms with Gasteiger partial charge in [0.05, 0.1) is 12.5 Å². The molecule has 2 aromatic carbocycles. The van der Waals surface area contributed by atoms with Gasteiger partial charge in [0, 0.05) is 6.42 Å². The van der Waals surface area contributed by atoms with E-state index in [1.165, 1.54) is 0 Å². The second-order valence-corrected chi connectivity index (χ2v) is 6.94. The molecule has 0 aromatic heterocycles. The van der Waals surface area contributed by atoms with Gasteiger partial charge >= 0.3 is 5.97 Å². The summed E-state index contributed by atoms with van der Waals surface area (Å²) in [6.07, 6.45) is 4.63. The van der Waals surface area contributed by atoms with Gasteiger partial charge in [-0.3, -0.25) is 4.79 Å². The molecule has 0 fully saturated rings. The molecular formula is C22H25FO3. The number of carbonyl (C=O) groups excluding carboxylic acids is 1. The number of aryl methyl sites for hydroxylation is 2. The van der Waals surface area contributed by atoms with Crippen molar-refractivity contribution in [2.24, 2.45) is 0 Å². The Balaban J connectivity index is 1.68. The van der Waals surface area contributed by atoms with E-state index in [-0.39, 0.29) is 18.2 Å². The minimum absolute atomic E-state index is 0.222. The number of halogens is 1. The molecule has 3 rings (SSSR count). The highest BCUT2D eigenvalue weighted by Gasteiger charge is 2.19. The number of ether oxygens (including phenoxy) is 1. The molecule has 1 unspecified atom stereocenters. The molecule has 0 saturated heterocycles. The summed E-state index contributed by atoms with van der Waals surface area (Å²) in [7, 11) is 0. The zero-order valence-electron chi connectivity index (χ0n) is 15.1. The first-order chi connectivity index (χ1) is 12.6. The highest BCUT2D eigenvalue weighted by atomic mass is 19.1. The van der Waals surface area contributed by atoms with Crippen LogP contribution < -0.4 is 4.74 Å². The number of benzene rings is 2. The Kier molecular flexibility index (Phi) is 6.04. The molecule has 1 N–H and O–H groups in total. The monoisotopic (exact) mass is 356 g/mol. The van der Waals surface area contributed by atoms with Crippen LogP contribution in [0.15, 0.2) is 36.4 Å². The van der Waals surface area contributed by atoms with Crippen LogP contribution >= 0.6 is 0 Å². The summed E-state index contributed by atoms with van der Waals surface area (Å²) in [5.74, 6) is 0.0663. The van der Waals surface area contributed by atoms with Gasteiger partial charge in [-0.1, -0.05) is 38.0 Å². The smallest absolute Gasteiger partial charge is 0.311 e. The number of carbonyl (C=O) groups is 1. The van der Waals surface area contributed by atoms with Crippen LogP contribution in [0.25, 0.3) is 0 Å². The molecular weight excluding hydrogens is 331 g/mol. The van der Waals surface area contributed by atoms with Crippen LogP contribution in [0.1, 0.15) is 61.0 Å². The minimum Gasteiger partial charge on any atom is -0.426 e. The van der Waals surface area contributed by atoms with E-state index in [0.29, 0.717) is 29.7 Å². The van der Waals surface area contributed by atoms with Gasteiger partial charge in [0.25, 0.3) is 0 Å². The summed E-state index contributed by atoms with van der Waals surface area (Å²) >= 11 is 0. The normalized spacial score (nSPS) is 14.7. The Morgan fingerprint density at radius 1 is 1.15 bits per heavy atom. The molecule has 1 heterocycles. The molecule has 0 spiro atoms. The fraction of sp³-hybridized carbons (Fsp3) is 0.409. The minimum atomic E-state index is -0.793. The lowest BCUT2D eigenvalue weighted by molar-refractivity contribution is -0.135. The molecule has 1 aliphatic heterocycles. The van der Waals surface area contributed by atoms with E-state index >= 15 is 0 Å². The molecule has 1 atom stereocenters. The lowest BCUT2D eigenvalue weighted by atomic mass is 9.96. The maximum Gasteiger partial charge on any atom is 0.311 e. The Morgan fingerprint density at radius 2 is 2.00 bits per heavy atom. The van der Waals surface area contributed by atoms with E-state index in [4.69, 9.17) is 4.74 Å². The molecule has 26 heavy (non-hydrogen) atoms. The maximum absolute atomic E-state index is 14.4. The molecule has 0 saturated carbocycles. The maximum atomic E-state index is 14.4. The van der Waals surface area contributed by atoms with Gasteiger partial charge in [-0.15, -0.1) is 0 Å². The van der Waals surface area contributed by atoms with Crippen LogP contribution in [0.4, 0.5) is 4.39 Å². The Labute approximate surface area is 153 Å². The third-order valence-electron chi connectivity index (χ3n) is 4.89. The summed E-state index contributed by atoms with van der Waals surface area (Å²) in [5.41, 5.74) is 3.15. The largest absolute Gasteiger partial charge is 0.426 e. The number of aliphatic hydroxyl groups is 1. The van der Waals surface area contributed by atoms with E-state index in [0.717, 1.165) is 36.8 Å². The number of rotatable bonds is 7. The number of unbranched alkanes of at least 4 members (excludes halogenated alkanes) is 2. The van der Waals surface area contributed by atoms with Gasteiger partial charge in [0.15, 0.2) is 0 Å². The standard InChI is InChI=1S/C22H25FO3/c1-2-3-4-5-15-6-7-16(19(23)12-15)14-20(24)17-8-10-21-18(13-17)9-11-22(25)26-21/h6-8,10,12-13,20,24H,2-5,9,11,14H2,1H3. The predicted molar refractivity (Wildman–Crippen MR) is 98.7 cm³/mol. The van der Waals surface area contributed by atoms with Crippen molar-refractivity contribution in [2.75, 3.05) is 0 Å². The average Bonchev–Trinajstić information content (AvgIpc) is 2.63. The van der Waals surface area contributed by atoms with E-state index in [2.05, 4.69) is 6.92 Å². The number of esters is 1. The number of aliphatic hydroxyl groups excluding tert-OH is 1. The van der Waals surface area contributed by atoms with Crippen molar-refractivity contribution < 1.29 is 19.0 Å². The highest BCUT2D eigenvalue weighted by Crippen LogP contribution is 2.30. The van der Waals surface area contributed by atoms with Crippen LogP contribution in [0, 0.1) is 5.82 Å². The average molecular weight is 356 g/mol. The lowest BCUT2D eigenvalue weighted by Gasteiger charge is -2.18. The van der Waals surface area contributed by atoms with Crippen molar-refractivity contribution in [1.82, 2.24) is 0 Å². The van der Waals surface area contributed by atoms with Crippen LogP contribution in [0.3, 0.4) is 0 Å². The van der Waals surface area contributed by atoms with E-state index in [1.54, 1.807) is 24.3 Å². The van der Waals surface area contributed by atoms with Gasteiger partial charge in [-0.2, -0.15) is 0 Å². The van der Waals surface area contributed by atoms with Gasteiger partial charge in [0.2, 0.25) is 0 Å². The number of fused-ring (bicyclic) bond motifs is 1. The molecule has 1 aliphatic rings. The second-order valence-electron chi connectivity index (χ2n) is 6.94. The second kappa shape index (κ2) is 8.45. The van der Waals surface area contributed by atoms with E-state index in [1.807, 2.05) is 12.1 Å². The zero-order chi connectivity index (χ0) is 18.5. The van der Waals surface area contributed by atoms with Crippen molar-refractivity contribution in [3.05, 3.63) is 64.5 Å². The fourth-order valence-corrected chi connectivity index (χ4v) is 3.33. The molecule has 0 bridgehead atoms. The molecule has 138 valence electrons. The zero-order valence-corrected chi connectivity index (χ0v) is 15.1. The van der Waals surface area contributed by atoms with Crippen molar-refractivity contribution in [2.45, 2.75) is 58.0 Å². The molecule has 3 nitrogen and oxygen atoms in total. The Bertz CT molecular complexity index is 785. The van der Waals surface area contributed by atoms with Crippen LogP contribution in [0.2, 0.25) is 0 Å². The fourth-order valence-electron chi connectivity index (χ4n) is 3.33. The molecule has 4 heteroatoms. The van der Waals surface area contributed by atoms with Crippen molar-refractivity contribution in [3.63, 3.8) is 0 Å². The summed E-state index contributed by atoms with van der Waals surface area (Å²) in [4.78, 5) is 11.3. The Hall–Kier alpha value is -2.20. The van der Waals surface area contributed by atoms with Gasteiger partial charge in [0.1, 0.15) is 11.6 Å². The first kappa shape index (κ1) is 18.6. The third-order valence-corrected chi connectivity index (χ3v) is 4.89. The molecule has 2 aromatic rings. The van der Waals surface area contributed by atoms with Crippen molar-refractivity contribution in [3.8, 4) is 5.75 Å². The molecule has 0 aliphatic carbocycles.